The lowest BCUT2D eigenvalue weighted by molar-refractivity contribution is -0.137. The average Bonchev–Trinajstić information content (AvgIpc) is 2.75. The molecule has 1 aromatic rings. The number of carbonyl (C=O) groups excluding carboxylic acids is 1. The first-order valence-electron chi connectivity index (χ1n) is 7.94. The number of carbonyl (C=O) groups is 1. The smallest absolute Gasteiger partial charge is 0.223 e. The van der Waals surface area contributed by atoms with E-state index in [1.165, 1.54) is 6.33 Å². The van der Waals surface area contributed by atoms with Crippen LogP contribution in [-0.2, 0) is 11.2 Å². The molecule has 5 nitrogen and oxygen atoms in total. The lowest BCUT2D eigenvalue weighted by atomic mass is 10.1. The van der Waals surface area contributed by atoms with Crippen molar-refractivity contribution < 1.29 is 4.79 Å². The van der Waals surface area contributed by atoms with E-state index in [9.17, 15) is 4.79 Å². The highest BCUT2D eigenvalue weighted by molar-refractivity contribution is 5.77. The average molecular weight is 288 g/mol. The van der Waals surface area contributed by atoms with Gasteiger partial charge in [-0.05, 0) is 38.7 Å². The maximum Gasteiger partial charge on any atom is 0.223 e. The minimum Gasteiger partial charge on any atom is -0.334 e. The second-order valence-corrected chi connectivity index (χ2v) is 6.48. The second-order valence-electron chi connectivity index (χ2n) is 6.48. The van der Waals surface area contributed by atoms with Gasteiger partial charge in [-0.25, -0.2) is 9.97 Å². The van der Waals surface area contributed by atoms with Crippen LogP contribution < -0.4 is 0 Å². The van der Waals surface area contributed by atoms with Gasteiger partial charge in [0.25, 0.3) is 0 Å². The topological polar surface area (TPSA) is 49.3 Å². The van der Waals surface area contributed by atoms with Crippen LogP contribution in [0.2, 0.25) is 0 Å². The van der Waals surface area contributed by atoms with Crippen molar-refractivity contribution in [2.75, 3.05) is 13.1 Å². The summed E-state index contributed by atoms with van der Waals surface area (Å²) in [5.41, 5.74) is 1.04. The number of hydrogen-bond acceptors (Lipinski definition) is 4. The van der Waals surface area contributed by atoms with Crippen molar-refractivity contribution in [3.05, 3.63) is 24.3 Å². The van der Waals surface area contributed by atoms with E-state index in [0.29, 0.717) is 30.5 Å². The number of amides is 1. The Morgan fingerprint density at radius 1 is 1.24 bits per heavy atom. The normalized spacial score (nSPS) is 25.6. The van der Waals surface area contributed by atoms with Gasteiger partial charge in [0.1, 0.15) is 6.33 Å². The zero-order valence-corrected chi connectivity index (χ0v) is 12.9. The molecule has 2 unspecified atom stereocenters. The van der Waals surface area contributed by atoms with Gasteiger partial charge in [-0.3, -0.25) is 9.69 Å². The molecule has 3 rings (SSSR count). The van der Waals surface area contributed by atoms with E-state index in [1.54, 1.807) is 12.4 Å². The predicted molar refractivity (Wildman–Crippen MR) is 80.7 cm³/mol. The van der Waals surface area contributed by atoms with Gasteiger partial charge in [-0.1, -0.05) is 0 Å². The molecule has 2 aliphatic rings. The first-order valence-corrected chi connectivity index (χ1v) is 7.94. The van der Waals surface area contributed by atoms with E-state index in [-0.39, 0.29) is 0 Å². The Morgan fingerprint density at radius 3 is 2.43 bits per heavy atom. The first kappa shape index (κ1) is 14.4. The molecule has 0 radical (unpaired) electrons. The Hall–Kier alpha value is -1.49. The lowest BCUT2D eigenvalue weighted by Gasteiger charge is -2.43. The fourth-order valence-electron chi connectivity index (χ4n) is 3.60. The fraction of sp³-hybridized carbons (Fsp3) is 0.688. The lowest BCUT2D eigenvalue weighted by Crippen LogP contribution is -2.57. The van der Waals surface area contributed by atoms with Gasteiger partial charge in [0.2, 0.25) is 5.91 Å². The molecule has 0 aromatic carbocycles. The van der Waals surface area contributed by atoms with Crippen LogP contribution in [0.4, 0.5) is 0 Å². The Morgan fingerprint density at radius 2 is 1.86 bits per heavy atom. The summed E-state index contributed by atoms with van der Waals surface area (Å²) in [6.07, 6.45) is 8.75. The molecule has 1 aromatic heterocycles. The van der Waals surface area contributed by atoms with Gasteiger partial charge in [-0.2, -0.15) is 0 Å². The summed E-state index contributed by atoms with van der Waals surface area (Å²) in [5, 5.41) is 0. The van der Waals surface area contributed by atoms with Crippen molar-refractivity contribution in [1.82, 2.24) is 19.8 Å². The summed E-state index contributed by atoms with van der Waals surface area (Å²) >= 11 is 0. The molecule has 114 valence electrons. The van der Waals surface area contributed by atoms with Gasteiger partial charge in [0.05, 0.1) is 0 Å². The van der Waals surface area contributed by atoms with Crippen molar-refractivity contribution in [1.29, 1.82) is 0 Å². The van der Waals surface area contributed by atoms with Crippen molar-refractivity contribution in [2.45, 2.75) is 57.7 Å². The minimum absolute atomic E-state index is 0.301. The van der Waals surface area contributed by atoms with E-state index in [4.69, 9.17) is 0 Å². The molecule has 3 heterocycles. The molecule has 2 bridgehead atoms. The highest BCUT2D eigenvalue weighted by atomic mass is 16.2. The van der Waals surface area contributed by atoms with Crippen LogP contribution in [0.15, 0.2) is 18.7 Å². The summed E-state index contributed by atoms with van der Waals surface area (Å²) in [4.78, 5) is 25.3. The summed E-state index contributed by atoms with van der Waals surface area (Å²) in [5.74, 6) is 0.301. The van der Waals surface area contributed by atoms with Crippen molar-refractivity contribution in [3.8, 4) is 0 Å². The Labute approximate surface area is 126 Å². The quantitative estimate of drug-likeness (QED) is 0.842. The van der Waals surface area contributed by atoms with Crippen LogP contribution in [0.3, 0.4) is 0 Å². The van der Waals surface area contributed by atoms with Crippen molar-refractivity contribution in [3.63, 3.8) is 0 Å². The summed E-state index contributed by atoms with van der Waals surface area (Å²) in [7, 11) is 0. The molecule has 0 N–H and O–H groups in total. The first-order chi connectivity index (χ1) is 10.1. The molecule has 2 atom stereocenters. The number of rotatable bonds is 4. The molecule has 0 saturated carbocycles. The SMILES string of the molecule is CC(C)N1CC2CCC(C1)N2C(=O)CCc1cncnc1. The Balaban J connectivity index is 1.59. The molecular weight excluding hydrogens is 264 g/mol. The molecule has 2 saturated heterocycles. The molecule has 0 aliphatic carbocycles. The molecule has 2 fully saturated rings. The molecular formula is C16H24N4O. The molecule has 5 heteroatoms. The van der Waals surface area contributed by atoms with E-state index in [1.807, 2.05) is 0 Å². The molecule has 2 aliphatic heterocycles. The van der Waals surface area contributed by atoms with Gasteiger partial charge in [0.15, 0.2) is 0 Å². The third-order valence-electron chi connectivity index (χ3n) is 4.77. The maximum absolute atomic E-state index is 12.6. The van der Waals surface area contributed by atoms with E-state index >= 15 is 0 Å². The zero-order valence-electron chi connectivity index (χ0n) is 12.9. The molecule has 1 amide bonds. The molecule has 21 heavy (non-hydrogen) atoms. The van der Waals surface area contributed by atoms with Crippen molar-refractivity contribution in [2.24, 2.45) is 0 Å². The number of likely N-dealkylation sites (tertiary alicyclic amines) is 1. The third-order valence-corrected chi connectivity index (χ3v) is 4.77. The second kappa shape index (κ2) is 6.10. The summed E-state index contributed by atoms with van der Waals surface area (Å²) in [6.45, 7) is 6.56. The van der Waals surface area contributed by atoms with Gasteiger partial charge < -0.3 is 4.90 Å². The number of nitrogens with zero attached hydrogens (tertiary/aromatic N) is 4. The summed E-state index contributed by atoms with van der Waals surface area (Å²) < 4.78 is 0. The van der Waals surface area contributed by atoms with Crippen LogP contribution in [0.25, 0.3) is 0 Å². The fourth-order valence-corrected chi connectivity index (χ4v) is 3.60. The van der Waals surface area contributed by atoms with Gasteiger partial charge >= 0.3 is 0 Å². The number of piperazine rings is 1. The van der Waals surface area contributed by atoms with E-state index in [2.05, 4.69) is 33.6 Å². The van der Waals surface area contributed by atoms with Gasteiger partial charge in [-0.15, -0.1) is 0 Å². The van der Waals surface area contributed by atoms with Crippen molar-refractivity contribution >= 4 is 5.91 Å². The standard InChI is InChI=1S/C16H24N4O/c1-12(2)19-9-14-4-5-15(10-19)20(14)16(21)6-3-13-7-17-11-18-8-13/h7-8,11-12,14-15H,3-6,9-10H2,1-2H3. The molecule has 0 spiro atoms. The summed E-state index contributed by atoms with van der Waals surface area (Å²) in [6, 6.07) is 1.42. The van der Waals surface area contributed by atoms with Crippen LogP contribution in [0.5, 0.6) is 0 Å². The van der Waals surface area contributed by atoms with Crippen LogP contribution in [0.1, 0.15) is 38.7 Å². The number of aromatic nitrogens is 2. The monoisotopic (exact) mass is 288 g/mol. The highest BCUT2D eigenvalue weighted by Crippen LogP contribution is 2.31. The number of aryl methyl sites for hydroxylation is 1. The Bertz CT molecular complexity index is 476. The van der Waals surface area contributed by atoms with Crippen LogP contribution in [0, 0.1) is 0 Å². The Kier molecular flexibility index (Phi) is 4.19. The zero-order chi connectivity index (χ0) is 14.8. The van der Waals surface area contributed by atoms with E-state index < -0.39 is 0 Å². The predicted octanol–water partition coefficient (Wildman–Crippen LogP) is 1.49. The largest absolute Gasteiger partial charge is 0.334 e. The third kappa shape index (κ3) is 3.07. The van der Waals surface area contributed by atoms with Gasteiger partial charge in [0, 0.05) is 50.0 Å². The number of fused-ring (bicyclic) bond motifs is 2. The maximum atomic E-state index is 12.6. The van der Waals surface area contributed by atoms with Crippen LogP contribution in [-0.4, -0.2) is 56.9 Å². The highest BCUT2D eigenvalue weighted by Gasteiger charge is 2.42. The minimum atomic E-state index is 0.301. The van der Waals surface area contributed by atoms with Crippen LogP contribution >= 0.6 is 0 Å². The van der Waals surface area contributed by atoms with E-state index in [0.717, 1.165) is 37.9 Å². The number of hydrogen-bond donors (Lipinski definition) is 0.